The van der Waals surface area contributed by atoms with Gasteiger partial charge in [0.1, 0.15) is 0 Å². The number of rotatable bonds is 4. The number of amides is 1. The minimum absolute atomic E-state index is 0.0966. The molecule has 0 aromatic heterocycles. The monoisotopic (exact) mass is 364 g/mol. The van der Waals surface area contributed by atoms with Crippen LogP contribution in [-0.4, -0.2) is 22.2 Å². The molecular formula is C20H16N2O3S. The van der Waals surface area contributed by atoms with Crippen molar-refractivity contribution >= 4 is 40.6 Å². The lowest BCUT2D eigenvalue weighted by molar-refractivity contribution is -0.115. The van der Waals surface area contributed by atoms with Crippen molar-refractivity contribution < 1.29 is 14.7 Å². The summed E-state index contributed by atoms with van der Waals surface area (Å²) >= 11 is 1.18. The molecule has 1 aliphatic heterocycles. The summed E-state index contributed by atoms with van der Waals surface area (Å²) in [5.74, 6) is -1.31. The van der Waals surface area contributed by atoms with Crippen LogP contribution in [0.15, 0.2) is 70.6 Å². The Morgan fingerprint density at radius 1 is 1.19 bits per heavy atom. The first kappa shape index (κ1) is 17.7. The Morgan fingerprint density at radius 3 is 2.69 bits per heavy atom. The SMILES string of the molecule is Cc1ccc(C(=O)O)c(N=C2NC(=O)/C(=C/C=C/c3ccccc3)S2)c1. The molecular weight excluding hydrogens is 348 g/mol. The van der Waals surface area contributed by atoms with E-state index in [2.05, 4.69) is 10.3 Å². The van der Waals surface area contributed by atoms with E-state index in [9.17, 15) is 14.7 Å². The summed E-state index contributed by atoms with van der Waals surface area (Å²) in [5.41, 5.74) is 2.35. The molecule has 1 fully saturated rings. The fourth-order valence-electron chi connectivity index (χ4n) is 2.33. The molecule has 5 nitrogen and oxygen atoms in total. The number of thioether (sulfide) groups is 1. The zero-order valence-corrected chi connectivity index (χ0v) is 14.8. The predicted octanol–water partition coefficient (Wildman–Crippen LogP) is 4.14. The molecule has 26 heavy (non-hydrogen) atoms. The third-order valence-corrected chi connectivity index (χ3v) is 4.52. The van der Waals surface area contributed by atoms with Gasteiger partial charge in [0, 0.05) is 0 Å². The molecule has 0 saturated carbocycles. The summed E-state index contributed by atoms with van der Waals surface area (Å²) in [6, 6.07) is 14.7. The Kier molecular flexibility index (Phi) is 5.34. The van der Waals surface area contributed by atoms with Crippen molar-refractivity contribution in [3.8, 4) is 0 Å². The second-order valence-corrected chi connectivity index (χ2v) is 6.63. The first-order chi connectivity index (χ1) is 12.5. The molecule has 0 radical (unpaired) electrons. The lowest BCUT2D eigenvalue weighted by Crippen LogP contribution is -2.19. The van der Waals surface area contributed by atoms with E-state index in [4.69, 9.17) is 0 Å². The van der Waals surface area contributed by atoms with Gasteiger partial charge < -0.3 is 10.4 Å². The van der Waals surface area contributed by atoms with Gasteiger partial charge in [0.05, 0.1) is 16.2 Å². The van der Waals surface area contributed by atoms with Gasteiger partial charge in [-0.2, -0.15) is 0 Å². The van der Waals surface area contributed by atoms with Gasteiger partial charge in [-0.1, -0.05) is 48.6 Å². The molecule has 0 spiro atoms. The average Bonchev–Trinajstić information content (AvgIpc) is 2.95. The second kappa shape index (κ2) is 7.84. The third-order valence-electron chi connectivity index (χ3n) is 3.59. The molecule has 0 atom stereocenters. The van der Waals surface area contributed by atoms with Crippen molar-refractivity contribution in [3.05, 3.63) is 82.3 Å². The number of nitrogens with one attached hydrogen (secondary N) is 1. The van der Waals surface area contributed by atoms with E-state index in [1.165, 1.54) is 17.8 Å². The highest BCUT2D eigenvalue weighted by atomic mass is 32.2. The number of nitrogens with zero attached hydrogens (tertiary/aromatic N) is 1. The molecule has 6 heteroatoms. The van der Waals surface area contributed by atoms with Crippen molar-refractivity contribution in [2.75, 3.05) is 0 Å². The maximum absolute atomic E-state index is 12.1. The first-order valence-electron chi connectivity index (χ1n) is 7.88. The van der Waals surface area contributed by atoms with Crippen LogP contribution in [0, 0.1) is 6.92 Å². The van der Waals surface area contributed by atoms with Crippen LogP contribution in [0.3, 0.4) is 0 Å². The van der Waals surface area contributed by atoms with E-state index < -0.39 is 5.97 Å². The zero-order valence-electron chi connectivity index (χ0n) is 14.0. The molecule has 2 aromatic rings. The minimum Gasteiger partial charge on any atom is -0.478 e. The molecule has 1 aliphatic rings. The Labute approximate surface area is 155 Å². The number of hydrogen-bond donors (Lipinski definition) is 2. The maximum atomic E-state index is 12.1. The molecule has 1 amide bonds. The van der Waals surface area contributed by atoms with Crippen LogP contribution in [0.4, 0.5) is 5.69 Å². The van der Waals surface area contributed by atoms with Gasteiger partial charge in [-0.25, -0.2) is 9.79 Å². The fourth-order valence-corrected chi connectivity index (χ4v) is 3.12. The number of aryl methyl sites for hydroxylation is 1. The average molecular weight is 364 g/mol. The van der Waals surface area contributed by atoms with Crippen LogP contribution < -0.4 is 5.32 Å². The van der Waals surface area contributed by atoms with E-state index in [1.807, 2.05) is 43.3 Å². The Bertz CT molecular complexity index is 947. The number of hydrogen-bond acceptors (Lipinski definition) is 4. The molecule has 2 N–H and O–H groups in total. The number of carbonyl (C=O) groups is 2. The second-order valence-electron chi connectivity index (χ2n) is 5.60. The zero-order chi connectivity index (χ0) is 18.5. The number of carboxylic acids is 1. The number of aliphatic imine (C=N–C) groups is 1. The number of amidine groups is 1. The third kappa shape index (κ3) is 4.29. The highest BCUT2D eigenvalue weighted by molar-refractivity contribution is 8.18. The van der Waals surface area contributed by atoms with Gasteiger partial charge in [0.2, 0.25) is 0 Å². The normalized spacial score (nSPS) is 17.2. The first-order valence-corrected chi connectivity index (χ1v) is 8.70. The fraction of sp³-hybridized carbons (Fsp3) is 0.0500. The summed E-state index contributed by atoms with van der Waals surface area (Å²) in [6.45, 7) is 1.86. The van der Waals surface area contributed by atoms with Gasteiger partial charge in [-0.3, -0.25) is 4.79 Å². The van der Waals surface area contributed by atoms with Gasteiger partial charge in [-0.15, -0.1) is 0 Å². The lowest BCUT2D eigenvalue weighted by atomic mass is 10.1. The van der Waals surface area contributed by atoms with Crippen LogP contribution in [0.5, 0.6) is 0 Å². The van der Waals surface area contributed by atoms with Crippen molar-refractivity contribution in [2.45, 2.75) is 6.92 Å². The van der Waals surface area contributed by atoms with Crippen molar-refractivity contribution in [3.63, 3.8) is 0 Å². The predicted molar refractivity (Wildman–Crippen MR) is 105 cm³/mol. The molecule has 0 unspecified atom stereocenters. The molecule has 0 bridgehead atoms. The van der Waals surface area contributed by atoms with Crippen molar-refractivity contribution in [2.24, 2.45) is 4.99 Å². The highest BCUT2D eigenvalue weighted by Crippen LogP contribution is 2.28. The lowest BCUT2D eigenvalue weighted by Gasteiger charge is -2.03. The van der Waals surface area contributed by atoms with Gasteiger partial charge in [-0.05, 0) is 48.0 Å². The van der Waals surface area contributed by atoms with Crippen molar-refractivity contribution in [1.29, 1.82) is 0 Å². The highest BCUT2D eigenvalue weighted by Gasteiger charge is 2.23. The Hall–Kier alpha value is -3.12. The van der Waals surface area contributed by atoms with Crippen LogP contribution in [-0.2, 0) is 4.79 Å². The topological polar surface area (TPSA) is 78.8 Å². The van der Waals surface area contributed by atoms with E-state index in [0.717, 1.165) is 11.1 Å². The minimum atomic E-state index is -1.06. The van der Waals surface area contributed by atoms with Crippen LogP contribution in [0.2, 0.25) is 0 Å². The summed E-state index contributed by atoms with van der Waals surface area (Å²) < 4.78 is 0. The number of benzene rings is 2. The molecule has 1 heterocycles. The number of carbonyl (C=O) groups excluding carboxylic acids is 1. The van der Waals surface area contributed by atoms with Crippen LogP contribution in [0.25, 0.3) is 6.08 Å². The Morgan fingerprint density at radius 2 is 1.96 bits per heavy atom. The quantitative estimate of drug-likeness (QED) is 0.799. The number of allylic oxidation sites excluding steroid dienone is 2. The standard InChI is InChI=1S/C20H16N2O3S/c1-13-10-11-15(19(24)25)16(12-13)21-20-22-18(23)17(26-20)9-5-8-14-6-3-2-4-7-14/h2-12H,1H3,(H,24,25)(H,21,22,23)/b8-5+,17-9-. The number of aromatic carboxylic acids is 1. The molecule has 0 aliphatic carbocycles. The van der Waals surface area contributed by atoms with Crippen LogP contribution in [0.1, 0.15) is 21.5 Å². The molecule has 3 rings (SSSR count). The summed E-state index contributed by atoms with van der Waals surface area (Å²) in [7, 11) is 0. The Balaban J connectivity index is 1.81. The van der Waals surface area contributed by atoms with E-state index in [1.54, 1.807) is 24.3 Å². The summed E-state index contributed by atoms with van der Waals surface area (Å²) in [4.78, 5) is 28.2. The summed E-state index contributed by atoms with van der Waals surface area (Å²) in [6.07, 6.45) is 5.42. The van der Waals surface area contributed by atoms with E-state index >= 15 is 0 Å². The van der Waals surface area contributed by atoms with E-state index in [-0.39, 0.29) is 11.5 Å². The molecule has 130 valence electrons. The van der Waals surface area contributed by atoms with Gasteiger partial charge in [0.15, 0.2) is 5.17 Å². The smallest absolute Gasteiger partial charge is 0.337 e. The summed E-state index contributed by atoms with van der Waals surface area (Å²) in [5, 5.41) is 12.3. The number of carboxylic acid groups (broad SMARTS) is 1. The molecule has 1 saturated heterocycles. The maximum Gasteiger partial charge on any atom is 0.337 e. The largest absolute Gasteiger partial charge is 0.478 e. The van der Waals surface area contributed by atoms with Gasteiger partial charge >= 0.3 is 5.97 Å². The molecule has 2 aromatic carbocycles. The van der Waals surface area contributed by atoms with Crippen molar-refractivity contribution in [1.82, 2.24) is 5.32 Å². The van der Waals surface area contributed by atoms with E-state index in [0.29, 0.717) is 15.8 Å². The van der Waals surface area contributed by atoms with Crippen LogP contribution >= 0.6 is 11.8 Å². The van der Waals surface area contributed by atoms with Gasteiger partial charge in [0.25, 0.3) is 5.91 Å².